The fraction of sp³-hybridized carbons (Fsp3) is 0.833. The quantitative estimate of drug-likeness (QED) is 0.302. The fourth-order valence-corrected chi connectivity index (χ4v) is 3.14. The summed E-state index contributed by atoms with van der Waals surface area (Å²) in [5.41, 5.74) is -1.71. The van der Waals surface area contributed by atoms with Crippen molar-refractivity contribution in [2.45, 2.75) is 89.3 Å². The highest BCUT2D eigenvalue weighted by Gasteiger charge is 2.53. The van der Waals surface area contributed by atoms with E-state index in [2.05, 4.69) is 6.92 Å². The van der Waals surface area contributed by atoms with Gasteiger partial charge in [-0.25, -0.2) is 4.79 Å². The van der Waals surface area contributed by atoms with Crippen LogP contribution in [0.25, 0.3) is 0 Å². The number of carbonyl (C=O) groups is 1. The van der Waals surface area contributed by atoms with Crippen LogP contribution >= 0.6 is 0 Å². The Morgan fingerprint density at radius 2 is 1.46 bits per heavy atom. The number of carbonyl (C=O) groups excluding carboxylic acids is 1. The fourth-order valence-electron chi connectivity index (χ4n) is 3.14. The zero-order valence-electron chi connectivity index (χ0n) is 14.7. The largest absolute Gasteiger partial charge is 0.505 e. The van der Waals surface area contributed by atoms with Crippen LogP contribution in [-0.2, 0) is 9.53 Å². The average molecular weight is 344 g/mol. The molecule has 0 unspecified atom stereocenters. The standard InChI is InChI=1S/C18H32O6/c1-2-3-4-5-6-7-8-9-10-11-12-18(14(20)13-19)16(22)15(21)17(23)24-18/h14,19-22H,2-13H2,1H3/t14-,18+/m0/s1. The van der Waals surface area contributed by atoms with Gasteiger partial charge in [0, 0.05) is 0 Å². The Labute approximate surface area is 144 Å². The van der Waals surface area contributed by atoms with Gasteiger partial charge in [-0.05, 0) is 12.8 Å². The topological polar surface area (TPSA) is 107 Å². The van der Waals surface area contributed by atoms with Gasteiger partial charge in [0.2, 0.25) is 11.4 Å². The smallest absolute Gasteiger partial charge is 0.378 e. The Balaban J connectivity index is 2.30. The number of aliphatic hydroxyl groups excluding tert-OH is 4. The van der Waals surface area contributed by atoms with Crippen LogP contribution in [0.3, 0.4) is 0 Å². The Kier molecular flexibility index (Phi) is 9.14. The Morgan fingerprint density at radius 3 is 1.88 bits per heavy atom. The van der Waals surface area contributed by atoms with Crippen molar-refractivity contribution >= 4 is 5.97 Å². The molecule has 0 spiro atoms. The van der Waals surface area contributed by atoms with Crippen LogP contribution in [0.2, 0.25) is 0 Å². The third kappa shape index (κ3) is 5.38. The summed E-state index contributed by atoms with van der Waals surface area (Å²) in [6.07, 6.45) is 9.98. The maximum Gasteiger partial charge on any atom is 0.378 e. The van der Waals surface area contributed by atoms with Crippen LogP contribution in [0, 0.1) is 0 Å². The van der Waals surface area contributed by atoms with E-state index in [4.69, 9.17) is 9.84 Å². The predicted molar refractivity (Wildman–Crippen MR) is 90.7 cm³/mol. The van der Waals surface area contributed by atoms with Crippen molar-refractivity contribution in [3.05, 3.63) is 11.5 Å². The lowest BCUT2D eigenvalue weighted by molar-refractivity contribution is -0.165. The van der Waals surface area contributed by atoms with E-state index in [0.29, 0.717) is 6.42 Å². The van der Waals surface area contributed by atoms with Crippen molar-refractivity contribution in [3.63, 3.8) is 0 Å². The average Bonchev–Trinajstić information content (AvgIpc) is 2.80. The maximum absolute atomic E-state index is 11.4. The van der Waals surface area contributed by atoms with Crippen molar-refractivity contribution in [1.82, 2.24) is 0 Å². The van der Waals surface area contributed by atoms with Gasteiger partial charge < -0.3 is 25.2 Å². The van der Waals surface area contributed by atoms with E-state index in [1.807, 2.05) is 0 Å². The van der Waals surface area contributed by atoms with E-state index in [1.54, 1.807) is 0 Å². The van der Waals surface area contributed by atoms with Gasteiger partial charge in [0.05, 0.1) is 6.61 Å². The SMILES string of the molecule is CCCCCCCCCCCC[C@]1([C@@H](O)CO)OC(=O)C(O)=C1O. The van der Waals surface area contributed by atoms with Crippen molar-refractivity contribution in [2.24, 2.45) is 0 Å². The number of unbranched alkanes of at least 4 members (excludes halogenated alkanes) is 9. The molecule has 0 aromatic rings. The highest BCUT2D eigenvalue weighted by molar-refractivity contribution is 5.90. The molecule has 0 aliphatic carbocycles. The highest BCUT2D eigenvalue weighted by Crippen LogP contribution is 2.37. The van der Waals surface area contributed by atoms with E-state index in [1.165, 1.54) is 38.5 Å². The molecule has 0 radical (unpaired) electrons. The number of hydrogen-bond acceptors (Lipinski definition) is 6. The molecule has 140 valence electrons. The summed E-state index contributed by atoms with van der Waals surface area (Å²) < 4.78 is 4.99. The summed E-state index contributed by atoms with van der Waals surface area (Å²) in [6, 6.07) is 0. The zero-order valence-corrected chi connectivity index (χ0v) is 14.7. The summed E-state index contributed by atoms with van der Waals surface area (Å²) in [6.45, 7) is 1.54. The van der Waals surface area contributed by atoms with Crippen molar-refractivity contribution < 1.29 is 30.0 Å². The molecular weight excluding hydrogens is 312 g/mol. The van der Waals surface area contributed by atoms with Gasteiger partial charge >= 0.3 is 5.97 Å². The van der Waals surface area contributed by atoms with Gasteiger partial charge in [-0.2, -0.15) is 0 Å². The molecule has 0 fully saturated rings. The summed E-state index contributed by atoms with van der Waals surface area (Å²) in [5, 5.41) is 38.5. The zero-order chi connectivity index (χ0) is 18.0. The molecule has 0 amide bonds. The first-order valence-electron chi connectivity index (χ1n) is 9.14. The number of hydrogen-bond donors (Lipinski definition) is 4. The minimum atomic E-state index is -1.71. The normalized spacial score (nSPS) is 22.0. The minimum absolute atomic E-state index is 0.173. The summed E-state index contributed by atoms with van der Waals surface area (Å²) in [4.78, 5) is 11.4. The van der Waals surface area contributed by atoms with E-state index >= 15 is 0 Å². The lowest BCUT2D eigenvalue weighted by Crippen LogP contribution is -2.47. The molecule has 0 saturated carbocycles. The number of ether oxygens (including phenoxy) is 1. The summed E-state index contributed by atoms with van der Waals surface area (Å²) >= 11 is 0. The first-order chi connectivity index (χ1) is 11.5. The molecular formula is C18H32O6. The summed E-state index contributed by atoms with van der Waals surface area (Å²) in [7, 11) is 0. The lowest BCUT2D eigenvalue weighted by Gasteiger charge is -2.31. The minimum Gasteiger partial charge on any atom is -0.505 e. The maximum atomic E-state index is 11.4. The van der Waals surface area contributed by atoms with Crippen LogP contribution < -0.4 is 0 Å². The molecule has 1 rings (SSSR count). The molecule has 1 heterocycles. The number of esters is 1. The number of cyclic esters (lactones) is 1. The molecule has 2 atom stereocenters. The van der Waals surface area contributed by atoms with E-state index in [0.717, 1.165) is 19.3 Å². The van der Waals surface area contributed by atoms with Gasteiger partial charge in [0.25, 0.3) is 0 Å². The van der Waals surface area contributed by atoms with Crippen molar-refractivity contribution in [1.29, 1.82) is 0 Å². The monoisotopic (exact) mass is 344 g/mol. The molecule has 24 heavy (non-hydrogen) atoms. The van der Waals surface area contributed by atoms with Crippen LogP contribution in [0.4, 0.5) is 0 Å². The second-order valence-electron chi connectivity index (χ2n) is 6.61. The van der Waals surface area contributed by atoms with Crippen LogP contribution in [-0.4, -0.2) is 44.7 Å². The molecule has 1 aliphatic rings. The summed E-state index contributed by atoms with van der Waals surface area (Å²) in [5.74, 6) is -2.62. The Morgan fingerprint density at radius 1 is 0.958 bits per heavy atom. The molecule has 0 saturated heterocycles. The third-order valence-electron chi connectivity index (χ3n) is 4.71. The van der Waals surface area contributed by atoms with Crippen LogP contribution in [0.5, 0.6) is 0 Å². The molecule has 0 aromatic heterocycles. The molecule has 1 aliphatic heterocycles. The van der Waals surface area contributed by atoms with E-state index in [9.17, 15) is 20.1 Å². The van der Waals surface area contributed by atoms with Crippen molar-refractivity contribution in [3.8, 4) is 0 Å². The Hall–Kier alpha value is -1.27. The van der Waals surface area contributed by atoms with Gasteiger partial charge in [-0.1, -0.05) is 64.7 Å². The molecule has 0 aromatic carbocycles. The first-order valence-corrected chi connectivity index (χ1v) is 9.14. The van der Waals surface area contributed by atoms with E-state index < -0.39 is 35.8 Å². The first kappa shape index (κ1) is 20.8. The van der Waals surface area contributed by atoms with Crippen LogP contribution in [0.15, 0.2) is 11.5 Å². The predicted octanol–water partition coefficient (Wildman–Crippen LogP) is 3.27. The number of rotatable bonds is 13. The molecule has 0 bridgehead atoms. The van der Waals surface area contributed by atoms with E-state index in [-0.39, 0.29) is 6.42 Å². The highest BCUT2D eigenvalue weighted by atomic mass is 16.6. The second kappa shape index (κ2) is 10.6. The Bertz CT molecular complexity index is 420. The van der Waals surface area contributed by atoms with Gasteiger partial charge in [-0.15, -0.1) is 0 Å². The van der Waals surface area contributed by atoms with Gasteiger partial charge in [0.1, 0.15) is 6.10 Å². The lowest BCUT2D eigenvalue weighted by atomic mass is 9.88. The van der Waals surface area contributed by atoms with Gasteiger partial charge in [0.15, 0.2) is 5.76 Å². The van der Waals surface area contributed by atoms with Gasteiger partial charge in [-0.3, -0.25) is 0 Å². The van der Waals surface area contributed by atoms with Crippen molar-refractivity contribution in [2.75, 3.05) is 6.61 Å². The number of aliphatic hydroxyl groups is 4. The molecule has 4 N–H and O–H groups in total. The second-order valence-corrected chi connectivity index (χ2v) is 6.61. The third-order valence-corrected chi connectivity index (χ3v) is 4.71. The van der Waals surface area contributed by atoms with Crippen LogP contribution in [0.1, 0.15) is 77.6 Å². The molecule has 6 heteroatoms. The molecule has 6 nitrogen and oxygen atoms in total.